The lowest BCUT2D eigenvalue weighted by Crippen LogP contribution is -1.97. The van der Waals surface area contributed by atoms with Gasteiger partial charge < -0.3 is 9.13 Å². The highest BCUT2D eigenvalue weighted by Crippen LogP contribution is 2.45. The van der Waals surface area contributed by atoms with E-state index < -0.39 is 0 Å². The summed E-state index contributed by atoms with van der Waals surface area (Å²) in [5.41, 5.74) is 34.9. The molecule has 0 unspecified atom stereocenters. The minimum Gasteiger partial charge on any atom is -0.309 e. The van der Waals surface area contributed by atoms with E-state index in [9.17, 15) is 0 Å². The molecule has 0 N–H and O–H groups in total. The minimum absolute atomic E-state index is 1.08. The van der Waals surface area contributed by atoms with Gasteiger partial charge in [-0.3, -0.25) is 0 Å². The number of aromatic nitrogens is 2. The zero-order valence-corrected chi connectivity index (χ0v) is 57.2. The molecule has 2 heteroatoms. The number of nitrogens with zero attached hydrogens (tertiary/aromatic N) is 2. The second-order valence-electron chi connectivity index (χ2n) is 27.2. The molecule has 0 radical (unpaired) electrons. The van der Waals surface area contributed by atoms with Gasteiger partial charge in [0.15, 0.2) is 0 Å². The Labute approximate surface area is 606 Å². The Kier molecular flexibility index (Phi) is 15.6. The van der Waals surface area contributed by atoms with Crippen LogP contribution in [0.1, 0.15) is 0 Å². The average Bonchev–Trinajstić information content (AvgIpc) is 1.58. The maximum Gasteiger partial charge on any atom is 0.0541 e. The van der Waals surface area contributed by atoms with E-state index in [2.05, 4.69) is 422 Å². The fourth-order valence-electron chi connectivity index (χ4n) is 15.6. The van der Waals surface area contributed by atoms with Gasteiger partial charge >= 0.3 is 0 Å². The SMILES string of the molecule is c1ccc(-c2cc(-c3ccccc3)cc(-c3ccc4c(c3)c3cc(-c5cc(-c6ccccc6)cc(-c6ccccc6)c5)ccc3n4-c3ccc(-n4c5ccc(-c6cc(-c7ccccc7)cc(-c7ccccc7)c6)cc5c5cc(-c6cc(-c7ccccc7)cc(-c7ccccc7)c6)ccc54)cc3)c2)cc1. The summed E-state index contributed by atoms with van der Waals surface area (Å²) in [5, 5.41) is 4.73. The Morgan fingerprint density at radius 1 is 0.106 bits per heavy atom. The van der Waals surface area contributed by atoms with Crippen molar-refractivity contribution in [2.45, 2.75) is 0 Å². The molecule has 0 aliphatic rings. The number of rotatable bonds is 14. The first-order valence-corrected chi connectivity index (χ1v) is 35.8. The maximum atomic E-state index is 2.47. The molecule has 17 aromatic carbocycles. The van der Waals surface area contributed by atoms with E-state index in [1.807, 2.05) is 0 Å². The summed E-state index contributed by atoms with van der Waals surface area (Å²) in [6.07, 6.45) is 0. The van der Waals surface area contributed by atoms with Crippen LogP contribution in [0.3, 0.4) is 0 Å². The zero-order valence-electron chi connectivity index (χ0n) is 57.2. The zero-order chi connectivity index (χ0) is 68.9. The van der Waals surface area contributed by atoms with Crippen LogP contribution in [0.15, 0.2) is 413 Å². The lowest BCUT2D eigenvalue weighted by Gasteiger charge is -2.14. The Morgan fingerprint density at radius 3 is 0.404 bits per heavy atom. The van der Waals surface area contributed by atoms with E-state index in [-0.39, 0.29) is 0 Å². The molecule has 104 heavy (non-hydrogen) atoms. The minimum atomic E-state index is 1.08. The molecule has 0 saturated carbocycles. The second-order valence-corrected chi connectivity index (χ2v) is 27.2. The van der Waals surface area contributed by atoms with Gasteiger partial charge in [0.05, 0.1) is 22.1 Å². The van der Waals surface area contributed by atoms with Crippen molar-refractivity contribution in [3.63, 3.8) is 0 Å². The predicted octanol–water partition coefficient (Wildman–Crippen LogP) is 27.9. The summed E-state index contributed by atoms with van der Waals surface area (Å²) < 4.78 is 4.94. The van der Waals surface area contributed by atoms with Crippen molar-refractivity contribution in [2.24, 2.45) is 0 Å². The highest BCUT2D eigenvalue weighted by molar-refractivity contribution is 6.14. The van der Waals surface area contributed by atoms with Gasteiger partial charge in [-0.2, -0.15) is 0 Å². The molecule has 486 valence electrons. The maximum absolute atomic E-state index is 2.47. The molecule has 2 heterocycles. The van der Waals surface area contributed by atoms with E-state index in [0.29, 0.717) is 0 Å². The Hall–Kier alpha value is -13.7. The van der Waals surface area contributed by atoms with Crippen molar-refractivity contribution in [1.29, 1.82) is 0 Å². The van der Waals surface area contributed by atoms with E-state index >= 15 is 0 Å². The van der Waals surface area contributed by atoms with Crippen LogP contribution in [0.5, 0.6) is 0 Å². The smallest absolute Gasteiger partial charge is 0.0541 e. The van der Waals surface area contributed by atoms with Crippen LogP contribution in [-0.2, 0) is 0 Å². The quantitative estimate of drug-likeness (QED) is 0.103. The number of benzene rings is 17. The molecule has 0 atom stereocenters. The van der Waals surface area contributed by atoms with Crippen LogP contribution >= 0.6 is 0 Å². The van der Waals surface area contributed by atoms with Gasteiger partial charge in [-0.25, -0.2) is 0 Å². The van der Waals surface area contributed by atoms with Crippen LogP contribution in [0.25, 0.3) is 189 Å². The molecule has 19 rings (SSSR count). The van der Waals surface area contributed by atoms with Gasteiger partial charge in [-0.15, -0.1) is 0 Å². The van der Waals surface area contributed by atoms with E-state index in [0.717, 1.165) is 77.9 Å². The van der Waals surface area contributed by atoms with Crippen molar-refractivity contribution >= 4 is 43.6 Å². The van der Waals surface area contributed by atoms with Gasteiger partial charge in [0.1, 0.15) is 0 Å². The van der Waals surface area contributed by atoms with Crippen molar-refractivity contribution in [3.8, 4) is 145 Å². The van der Waals surface area contributed by atoms with E-state index in [1.165, 1.54) is 111 Å². The average molecular weight is 1320 g/mol. The standard InChI is InChI=1S/C102H68N2/c1-9-25-69(26-10-1)81-53-82(70-27-11-2-12-28-70)58-89(57-81)77-41-49-99-95(65-77)96-66-78(90-59-83(71-29-13-3-14-30-71)54-84(60-90)72-31-15-4-16-32-72)42-50-100(96)103(99)93-45-47-94(48-46-93)104-101-51-43-79(91-61-85(73-33-17-5-18-34-73)55-86(62-91)74-35-19-6-20-36-74)67-97(101)98-68-80(44-52-102(98)104)92-63-87(75-37-21-7-22-38-75)56-88(64-92)76-39-23-8-24-40-76/h1-68H. The largest absolute Gasteiger partial charge is 0.309 e. The van der Waals surface area contributed by atoms with Crippen molar-refractivity contribution < 1.29 is 0 Å². The molecule has 2 aromatic heterocycles. The fraction of sp³-hybridized carbons (Fsp3) is 0. The van der Waals surface area contributed by atoms with Gasteiger partial charge in [0, 0.05) is 32.9 Å². The van der Waals surface area contributed by atoms with Crippen molar-refractivity contribution in [2.75, 3.05) is 0 Å². The molecule has 2 nitrogen and oxygen atoms in total. The summed E-state index contributed by atoms with van der Waals surface area (Å²) in [4.78, 5) is 0. The van der Waals surface area contributed by atoms with Crippen LogP contribution in [0.4, 0.5) is 0 Å². The molecule has 0 fully saturated rings. The Bertz CT molecular complexity index is 5390. The Morgan fingerprint density at radius 2 is 0.250 bits per heavy atom. The summed E-state index contributed by atoms with van der Waals surface area (Å²) >= 11 is 0. The highest BCUT2D eigenvalue weighted by Gasteiger charge is 2.21. The topological polar surface area (TPSA) is 9.86 Å². The Balaban J connectivity index is 0.791. The third kappa shape index (κ3) is 11.7. The fourth-order valence-corrected chi connectivity index (χ4v) is 15.6. The lowest BCUT2D eigenvalue weighted by molar-refractivity contribution is 1.14. The normalized spacial score (nSPS) is 11.5. The molecule has 0 aliphatic carbocycles. The molecule has 0 saturated heterocycles. The van der Waals surface area contributed by atoms with Gasteiger partial charge in [0.25, 0.3) is 0 Å². The van der Waals surface area contributed by atoms with Gasteiger partial charge in [0.2, 0.25) is 0 Å². The summed E-state index contributed by atoms with van der Waals surface area (Å²) in [6, 6.07) is 152. The molecule has 19 aromatic rings. The van der Waals surface area contributed by atoms with Crippen LogP contribution in [-0.4, -0.2) is 9.13 Å². The number of hydrogen-bond acceptors (Lipinski definition) is 0. The van der Waals surface area contributed by atoms with Crippen LogP contribution < -0.4 is 0 Å². The molecule has 0 amide bonds. The first kappa shape index (κ1) is 61.4. The van der Waals surface area contributed by atoms with E-state index in [4.69, 9.17) is 0 Å². The monoisotopic (exact) mass is 1320 g/mol. The molecular formula is C102H68N2. The molecule has 0 bridgehead atoms. The number of fused-ring (bicyclic) bond motifs is 6. The van der Waals surface area contributed by atoms with Gasteiger partial charge in [-0.1, -0.05) is 267 Å². The first-order chi connectivity index (χ1) is 51.5. The highest BCUT2D eigenvalue weighted by atomic mass is 15.0. The van der Waals surface area contributed by atoms with Crippen molar-refractivity contribution in [3.05, 3.63) is 413 Å². The summed E-state index contributed by atoms with van der Waals surface area (Å²) in [6.45, 7) is 0. The molecular weight excluding hydrogens is 1250 g/mol. The third-order valence-electron chi connectivity index (χ3n) is 20.8. The third-order valence-corrected chi connectivity index (χ3v) is 20.8. The van der Waals surface area contributed by atoms with Gasteiger partial charge in [-0.05, 0) is 279 Å². The summed E-state index contributed by atoms with van der Waals surface area (Å²) in [5.74, 6) is 0. The van der Waals surface area contributed by atoms with Crippen LogP contribution in [0.2, 0.25) is 0 Å². The predicted molar refractivity (Wildman–Crippen MR) is 440 cm³/mol. The van der Waals surface area contributed by atoms with Crippen molar-refractivity contribution in [1.82, 2.24) is 9.13 Å². The lowest BCUT2D eigenvalue weighted by atomic mass is 9.92. The van der Waals surface area contributed by atoms with Crippen LogP contribution in [0, 0.1) is 0 Å². The summed E-state index contributed by atoms with van der Waals surface area (Å²) in [7, 11) is 0. The number of hydrogen-bond donors (Lipinski definition) is 0. The molecule has 0 aliphatic heterocycles. The van der Waals surface area contributed by atoms with E-state index in [1.54, 1.807) is 0 Å². The second kappa shape index (κ2) is 26.5. The first-order valence-electron chi connectivity index (χ1n) is 35.8. The molecule has 0 spiro atoms.